The fraction of sp³-hybridized carbons (Fsp3) is 0.333. The summed E-state index contributed by atoms with van der Waals surface area (Å²) in [5, 5.41) is 12.0. The maximum atomic E-state index is 8.97. The molecule has 1 aromatic carbocycles. The van der Waals surface area contributed by atoms with Crippen molar-refractivity contribution in [1.82, 2.24) is 5.32 Å². The van der Waals surface area contributed by atoms with Gasteiger partial charge in [0.25, 0.3) is 0 Å². The van der Waals surface area contributed by atoms with Gasteiger partial charge in [0.1, 0.15) is 0 Å². The number of hydrogen-bond acceptors (Lipinski definition) is 2. The van der Waals surface area contributed by atoms with Gasteiger partial charge in [0.05, 0.1) is 12.6 Å². The maximum Gasteiger partial charge on any atom is 0.0626 e. The third kappa shape index (κ3) is 2.30. The lowest BCUT2D eigenvalue weighted by Crippen LogP contribution is -2.19. The predicted molar refractivity (Wildman–Crippen MR) is 53.0 cm³/mol. The van der Waals surface area contributed by atoms with Gasteiger partial charge in [-0.25, -0.2) is 0 Å². The normalized spacial score (nSPS) is 12.9. The van der Waals surface area contributed by atoms with Crippen molar-refractivity contribution in [3.8, 4) is 0 Å². The Morgan fingerprint density at radius 3 is 2.42 bits per heavy atom. The first kappa shape index (κ1) is 9.71. The summed E-state index contributed by atoms with van der Waals surface area (Å²) in [6.45, 7) is 0.123. The Bertz CT molecular complexity index is 231. The first-order valence-corrected chi connectivity index (χ1v) is 4.61. The van der Waals surface area contributed by atoms with Crippen molar-refractivity contribution in [2.24, 2.45) is 0 Å². The van der Waals surface area contributed by atoms with Gasteiger partial charge in [0.15, 0.2) is 0 Å². The Kier molecular flexibility index (Phi) is 3.72. The molecule has 0 amide bonds. The Morgan fingerprint density at radius 1 is 1.42 bits per heavy atom. The Hall–Kier alpha value is -0.380. The van der Waals surface area contributed by atoms with Crippen molar-refractivity contribution >= 4 is 15.9 Å². The summed E-state index contributed by atoms with van der Waals surface area (Å²) < 4.78 is 1.05. The molecule has 66 valence electrons. The predicted octanol–water partition coefficient (Wildman–Crippen LogP) is 1.70. The van der Waals surface area contributed by atoms with Crippen LogP contribution in [-0.4, -0.2) is 18.8 Å². The molecule has 2 nitrogen and oxygen atoms in total. The smallest absolute Gasteiger partial charge is 0.0626 e. The number of likely N-dealkylation sites (N-methyl/N-ethyl adjacent to an activating group) is 1. The molecule has 0 aliphatic carbocycles. The molecule has 0 spiro atoms. The maximum absolute atomic E-state index is 8.97. The molecule has 0 saturated heterocycles. The molecule has 0 saturated carbocycles. The largest absolute Gasteiger partial charge is 0.394 e. The van der Waals surface area contributed by atoms with Crippen LogP contribution in [0.25, 0.3) is 0 Å². The molecule has 0 fully saturated rings. The van der Waals surface area contributed by atoms with Gasteiger partial charge in [-0.3, -0.25) is 0 Å². The topological polar surface area (TPSA) is 32.3 Å². The number of nitrogens with one attached hydrogen (secondary N) is 1. The summed E-state index contributed by atoms with van der Waals surface area (Å²) in [6.07, 6.45) is 0. The fourth-order valence-corrected chi connectivity index (χ4v) is 1.32. The van der Waals surface area contributed by atoms with Crippen molar-refractivity contribution in [3.05, 3.63) is 34.3 Å². The average molecular weight is 230 g/mol. The summed E-state index contributed by atoms with van der Waals surface area (Å²) in [5.41, 5.74) is 1.10. The van der Waals surface area contributed by atoms with Gasteiger partial charge in [-0.1, -0.05) is 28.1 Å². The van der Waals surface area contributed by atoms with Crippen molar-refractivity contribution in [2.45, 2.75) is 6.04 Å². The van der Waals surface area contributed by atoms with Crippen molar-refractivity contribution in [3.63, 3.8) is 0 Å². The first-order valence-electron chi connectivity index (χ1n) is 3.81. The summed E-state index contributed by atoms with van der Waals surface area (Å²) in [7, 11) is 1.84. The molecule has 0 aliphatic heterocycles. The zero-order valence-electron chi connectivity index (χ0n) is 6.92. The zero-order valence-corrected chi connectivity index (χ0v) is 8.51. The third-order valence-corrected chi connectivity index (χ3v) is 2.33. The summed E-state index contributed by atoms with van der Waals surface area (Å²) in [6, 6.07) is 7.95. The van der Waals surface area contributed by atoms with Crippen LogP contribution < -0.4 is 5.32 Å². The molecule has 0 radical (unpaired) electrons. The average Bonchev–Trinajstić information content (AvgIpc) is 2.10. The second-order valence-corrected chi connectivity index (χ2v) is 3.49. The van der Waals surface area contributed by atoms with Crippen molar-refractivity contribution < 1.29 is 5.11 Å². The van der Waals surface area contributed by atoms with E-state index in [1.54, 1.807) is 0 Å². The van der Waals surface area contributed by atoms with E-state index in [-0.39, 0.29) is 12.6 Å². The molecule has 3 heteroatoms. The lowest BCUT2D eigenvalue weighted by atomic mass is 10.1. The zero-order chi connectivity index (χ0) is 8.97. The molecule has 0 bridgehead atoms. The first-order chi connectivity index (χ1) is 5.77. The molecule has 0 heterocycles. The Morgan fingerprint density at radius 2 is 2.00 bits per heavy atom. The van der Waals surface area contributed by atoms with E-state index < -0.39 is 0 Å². The molecule has 1 aromatic rings. The van der Waals surface area contributed by atoms with E-state index in [4.69, 9.17) is 5.11 Å². The minimum absolute atomic E-state index is 0.0399. The van der Waals surface area contributed by atoms with Crippen LogP contribution in [0.3, 0.4) is 0 Å². The summed E-state index contributed by atoms with van der Waals surface area (Å²) >= 11 is 3.36. The Balaban J connectivity index is 2.80. The summed E-state index contributed by atoms with van der Waals surface area (Å²) in [4.78, 5) is 0. The molecular formula is C9H12BrNO. The second kappa shape index (κ2) is 4.60. The van der Waals surface area contributed by atoms with Gasteiger partial charge in [-0.15, -0.1) is 0 Å². The third-order valence-electron chi connectivity index (χ3n) is 1.80. The second-order valence-electron chi connectivity index (χ2n) is 2.58. The summed E-state index contributed by atoms with van der Waals surface area (Å²) in [5.74, 6) is 0. The van der Waals surface area contributed by atoms with Gasteiger partial charge in [-0.05, 0) is 24.7 Å². The van der Waals surface area contributed by atoms with Crippen molar-refractivity contribution in [2.75, 3.05) is 13.7 Å². The minimum Gasteiger partial charge on any atom is -0.394 e. The van der Waals surface area contributed by atoms with E-state index in [1.807, 2.05) is 31.3 Å². The van der Waals surface area contributed by atoms with Crippen LogP contribution in [0, 0.1) is 0 Å². The number of rotatable bonds is 3. The number of hydrogen-bond donors (Lipinski definition) is 2. The van der Waals surface area contributed by atoms with Crippen LogP contribution in [0.1, 0.15) is 11.6 Å². The molecule has 2 N–H and O–H groups in total. The SMILES string of the molecule is CN[C@@H](CO)c1ccc(Br)cc1. The quantitative estimate of drug-likeness (QED) is 0.828. The highest BCUT2D eigenvalue weighted by Gasteiger charge is 2.05. The van der Waals surface area contributed by atoms with Gasteiger partial charge >= 0.3 is 0 Å². The molecule has 0 unspecified atom stereocenters. The van der Waals surface area contributed by atoms with Crippen LogP contribution in [0.4, 0.5) is 0 Å². The number of aliphatic hydroxyl groups excluding tert-OH is 1. The van der Waals surface area contributed by atoms with E-state index in [1.165, 1.54) is 0 Å². The lowest BCUT2D eigenvalue weighted by Gasteiger charge is -2.12. The van der Waals surface area contributed by atoms with E-state index in [9.17, 15) is 0 Å². The molecule has 0 aliphatic rings. The standard InChI is InChI=1S/C9H12BrNO/c1-11-9(6-12)7-2-4-8(10)5-3-7/h2-5,9,11-12H,6H2,1H3/t9-/m0/s1. The fourth-order valence-electron chi connectivity index (χ4n) is 1.06. The van der Waals surface area contributed by atoms with E-state index >= 15 is 0 Å². The van der Waals surface area contributed by atoms with Gasteiger partial charge < -0.3 is 10.4 Å². The highest BCUT2D eigenvalue weighted by molar-refractivity contribution is 9.10. The molecule has 0 aromatic heterocycles. The van der Waals surface area contributed by atoms with Gasteiger partial charge in [0, 0.05) is 4.47 Å². The van der Waals surface area contributed by atoms with E-state index in [0.29, 0.717) is 0 Å². The van der Waals surface area contributed by atoms with E-state index in [2.05, 4.69) is 21.2 Å². The number of aliphatic hydroxyl groups is 1. The highest BCUT2D eigenvalue weighted by Crippen LogP contribution is 2.15. The number of benzene rings is 1. The molecule has 1 atom stereocenters. The van der Waals surface area contributed by atoms with Crippen molar-refractivity contribution in [1.29, 1.82) is 0 Å². The van der Waals surface area contributed by atoms with E-state index in [0.717, 1.165) is 10.0 Å². The molecule has 1 rings (SSSR count). The van der Waals surface area contributed by atoms with Crippen LogP contribution in [0.15, 0.2) is 28.7 Å². The number of halogens is 1. The van der Waals surface area contributed by atoms with Crippen LogP contribution >= 0.6 is 15.9 Å². The Labute approximate surface area is 80.7 Å². The minimum atomic E-state index is 0.0399. The van der Waals surface area contributed by atoms with Crippen LogP contribution in [-0.2, 0) is 0 Å². The van der Waals surface area contributed by atoms with Crippen LogP contribution in [0.5, 0.6) is 0 Å². The van der Waals surface area contributed by atoms with Gasteiger partial charge in [-0.2, -0.15) is 0 Å². The molecular weight excluding hydrogens is 218 g/mol. The highest BCUT2D eigenvalue weighted by atomic mass is 79.9. The monoisotopic (exact) mass is 229 g/mol. The van der Waals surface area contributed by atoms with Gasteiger partial charge in [0.2, 0.25) is 0 Å². The lowest BCUT2D eigenvalue weighted by molar-refractivity contribution is 0.251. The van der Waals surface area contributed by atoms with Crippen LogP contribution in [0.2, 0.25) is 0 Å². The molecule has 12 heavy (non-hydrogen) atoms.